The molecular formula is C26H25N7OS. The third kappa shape index (κ3) is 4.31. The highest BCUT2D eigenvalue weighted by Gasteiger charge is 2.28. The van der Waals surface area contributed by atoms with Crippen LogP contribution in [0.25, 0.3) is 22.1 Å². The first-order valence-corrected chi connectivity index (χ1v) is 12.4. The van der Waals surface area contributed by atoms with Crippen molar-refractivity contribution < 1.29 is 4.79 Å². The van der Waals surface area contributed by atoms with Crippen molar-refractivity contribution in [3.63, 3.8) is 0 Å². The Balaban J connectivity index is 1.12. The number of benzene rings is 1. The molecule has 1 aliphatic carbocycles. The van der Waals surface area contributed by atoms with E-state index in [2.05, 4.69) is 61.4 Å². The van der Waals surface area contributed by atoms with E-state index in [1.165, 1.54) is 5.57 Å². The molecule has 0 saturated heterocycles. The normalized spacial score (nSPS) is 21.9. The number of aromatic nitrogens is 3. The molecule has 176 valence electrons. The number of hydrogen-bond acceptors (Lipinski definition) is 7. The largest absolute Gasteiger partial charge is 0.384 e. The van der Waals surface area contributed by atoms with Gasteiger partial charge in [0.1, 0.15) is 0 Å². The van der Waals surface area contributed by atoms with Gasteiger partial charge in [0.2, 0.25) is 0 Å². The molecule has 2 aromatic heterocycles. The summed E-state index contributed by atoms with van der Waals surface area (Å²) in [6.45, 7) is 0.640. The molecule has 4 heterocycles. The Hall–Kier alpha value is -3.95. The van der Waals surface area contributed by atoms with Crippen LogP contribution in [0.5, 0.6) is 0 Å². The molecule has 6 N–H and O–H groups in total. The smallest absolute Gasteiger partial charge is 0.256 e. The lowest BCUT2D eigenvalue weighted by Crippen LogP contribution is -2.31. The van der Waals surface area contributed by atoms with Gasteiger partial charge in [0, 0.05) is 36.0 Å². The summed E-state index contributed by atoms with van der Waals surface area (Å²) in [7, 11) is 0. The maximum atomic E-state index is 12.5. The van der Waals surface area contributed by atoms with Gasteiger partial charge in [-0.1, -0.05) is 41.7 Å². The van der Waals surface area contributed by atoms with Crippen molar-refractivity contribution in [3.05, 3.63) is 84.3 Å². The van der Waals surface area contributed by atoms with Gasteiger partial charge in [-0.05, 0) is 42.0 Å². The van der Waals surface area contributed by atoms with Crippen molar-refractivity contribution in [2.45, 2.75) is 18.5 Å². The Morgan fingerprint density at radius 2 is 2.14 bits per heavy atom. The molecule has 0 radical (unpaired) electrons. The van der Waals surface area contributed by atoms with Crippen LogP contribution >= 0.6 is 11.3 Å². The van der Waals surface area contributed by atoms with Crippen molar-refractivity contribution in [2.75, 3.05) is 17.2 Å². The fraction of sp³-hybridized carbons (Fsp3) is 0.192. The number of nitrogens with one attached hydrogen (secondary N) is 4. The van der Waals surface area contributed by atoms with E-state index in [1.54, 1.807) is 23.9 Å². The molecule has 2 aliphatic heterocycles. The number of rotatable bonds is 7. The maximum Gasteiger partial charge on any atom is 0.256 e. The molecule has 0 bridgehead atoms. The summed E-state index contributed by atoms with van der Waals surface area (Å²) in [5, 5.41) is 10.6. The summed E-state index contributed by atoms with van der Waals surface area (Å²) in [5.74, 6) is 0.275. The average Bonchev–Trinajstić information content (AvgIpc) is 3.66. The van der Waals surface area contributed by atoms with E-state index in [0.717, 1.165) is 38.9 Å². The zero-order chi connectivity index (χ0) is 23.8. The first-order valence-electron chi connectivity index (χ1n) is 11.6. The first-order chi connectivity index (χ1) is 17.1. The number of carbonyl (C=O) groups excluding carboxylic acids is 1. The molecule has 1 aromatic carbocycles. The van der Waals surface area contributed by atoms with E-state index in [1.807, 2.05) is 30.5 Å². The highest BCUT2D eigenvalue weighted by atomic mass is 32.1. The predicted octanol–water partition coefficient (Wildman–Crippen LogP) is 3.75. The Kier molecular flexibility index (Phi) is 5.55. The fourth-order valence-corrected chi connectivity index (χ4v) is 5.50. The topological polar surface area (TPSA) is 121 Å². The number of H-pyrrole nitrogens is 1. The van der Waals surface area contributed by atoms with Crippen molar-refractivity contribution >= 4 is 39.7 Å². The fourth-order valence-electron chi connectivity index (χ4n) is 4.68. The van der Waals surface area contributed by atoms with Crippen LogP contribution in [-0.2, 0) is 4.79 Å². The molecule has 6 rings (SSSR count). The van der Waals surface area contributed by atoms with Gasteiger partial charge in [-0.25, -0.2) is 9.97 Å². The monoisotopic (exact) mass is 483 g/mol. The summed E-state index contributed by atoms with van der Waals surface area (Å²) in [4.78, 5) is 25.1. The molecule has 3 aromatic rings. The first kappa shape index (κ1) is 21.6. The number of carbonyl (C=O) groups is 1. The minimum absolute atomic E-state index is 0.0132. The zero-order valence-corrected chi connectivity index (χ0v) is 19.7. The number of fused-ring (bicyclic) bond motifs is 2. The van der Waals surface area contributed by atoms with E-state index < -0.39 is 0 Å². The SMILES string of the molecule is N[C@H](CNc1ncc(-c2ccc3c(c2)/C(=C\c2cnc[nH]2)C(=O)N3)s1)CC1=CNC2C=CC=CC12. The standard InChI is InChI=1S/C26H25N7OS/c27-17(7-16-10-29-22-4-2-1-3-19(16)22)11-30-26-31-13-24(35-26)15-5-6-23-20(8-15)21(25(34)33-23)9-18-12-28-14-32-18/h1-6,8-10,12-14,17,19,22,29H,7,11,27H2,(H,28,32)(H,30,31)(H,33,34)/b21-9+/t17-,19?,22?/m0/s1. The second-order valence-corrected chi connectivity index (χ2v) is 9.89. The molecule has 9 heteroatoms. The van der Waals surface area contributed by atoms with Gasteiger partial charge in [-0.2, -0.15) is 0 Å². The van der Waals surface area contributed by atoms with Gasteiger partial charge in [-0.15, -0.1) is 0 Å². The molecule has 0 spiro atoms. The van der Waals surface area contributed by atoms with Crippen LogP contribution in [0.15, 0.2) is 73.0 Å². The number of nitrogens with zero attached hydrogens (tertiary/aromatic N) is 2. The van der Waals surface area contributed by atoms with E-state index in [9.17, 15) is 4.79 Å². The number of nitrogens with two attached hydrogens (primary N) is 1. The van der Waals surface area contributed by atoms with E-state index in [0.29, 0.717) is 24.1 Å². The van der Waals surface area contributed by atoms with Crippen molar-refractivity contribution in [3.8, 4) is 10.4 Å². The highest BCUT2D eigenvalue weighted by Crippen LogP contribution is 2.38. The average molecular weight is 484 g/mol. The lowest BCUT2D eigenvalue weighted by atomic mass is 9.88. The number of thiazole rings is 1. The third-order valence-corrected chi connectivity index (χ3v) is 7.45. The second kappa shape index (κ2) is 9.01. The van der Waals surface area contributed by atoms with E-state index in [4.69, 9.17) is 5.73 Å². The Labute approximate surface area is 206 Å². The van der Waals surface area contributed by atoms with Gasteiger partial charge in [-0.3, -0.25) is 4.79 Å². The van der Waals surface area contributed by atoms with Crippen molar-refractivity contribution in [1.29, 1.82) is 0 Å². The lowest BCUT2D eigenvalue weighted by Gasteiger charge is -2.21. The molecule has 1 amide bonds. The molecule has 3 aliphatic rings. The van der Waals surface area contributed by atoms with Crippen LogP contribution < -0.4 is 21.7 Å². The molecule has 0 fully saturated rings. The van der Waals surface area contributed by atoms with Gasteiger partial charge in [0.15, 0.2) is 5.13 Å². The second-order valence-electron chi connectivity index (χ2n) is 8.86. The Morgan fingerprint density at radius 1 is 1.23 bits per heavy atom. The zero-order valence-electron chi connectivity index (χ0n) is 18.9. The van der Waals surface area contributed by atoms with Gasteiger partial charge in [0.05, 0.1) is 34.7 Å². The van der Waals surface area contributed by atoms with Gasteiger partial charge >= 0.3 is 0 Å². The van der Waals surface area contributed by atoms with Crippen LogP contribution in [0.4, 0.5) is 10.8 Å². The summed E-state index contributed by atoms with van der Waals surface area (Å²) >= 11 is 1.58. The Bertz CT molecular complexity index is 1380. The summed E-state index contributed by atoms with van der Waals surface area (Å²) < 4.78 is 0. The summed E-state index contributed by atoms with van der Waals surface area (Å²) in [6.07, 6.45) is 18.5. The Morgan fingerprint density at radius 3 is 3.03 bits per heavy atom. The number of aromatic amines is 1. The summed E-state index contributed by atoms with van der Waals surface area (Å²) in [6, 6.07) is 6.30. The third-order valence-electron chi connectivity index (χ3n) is 6.45. The molecular weight excluding hydrogens is 458 g/mol. The summed E-state index contributed by atoms with van der Waals surface area (Å²) in [5.41, 5.74) is 11.9. The van der Waals surface area contributed by atoms with E-state index >= 15 is 0 Å². The quantitative estimate of drug-likeness (QED) is 0.327. The molecule has 3 atom stereocenters. The van der Waals surface area contributed by atoms with Crippen LogP contribution in [0.3, 0.4) is 0 Å². The van der Waals surface area contributed by atoms with Crippen molar-refractivity contribution in [2.24, 2.45) is 11.7 Å². The molecule has 8 nitrogen and oxygen atoms in total. The maximum absolute atomic E-state index is 12.5. The molecule has 2 unspecified atom stereocenters. The number of hydrogen-bond donors (Lipinski definition) is 5. The minimum atomic E-state index is -0.119. The highest BCUT2D eigenvalue weighted by molar-refractivity contribution is 7.18. The van der Waals surface area contributed by atoms with Gasteiger partial charge in [0.25, 0.3) is 5.91 Å². The van der Waals surface area contributed by atoms with E-state index in [-0.39, 0.29) is 11.9 Å². The van der Waals surface area contributed by atoms with Crippen LogP contribution in [0.1, 0.15) is 17.7 Å². The minimum Gasteiger partial charge on any atom is -0.384 e. The van der Waals surface area contributed by atoms with Crippen LogP contribution in [0.2, 0.25) is 0 Å². The number of imidazole rings is 1. The van der Waals surface area contributed by atoms with Crippen molar-refractivity contribution in [1.82, 2.24) is 20.3 Å². The van der Waals surface area contributed by atoms with Crippen LogP contribution in [0, 0.1) is 5.92 Å². The van der Waals surface area contributed by atoms with Crippen LogP contribution in [-0.4, -0.2) is 39.5 Å². The number of amides is 1. The number of allylic oxidation sites excluding steroid dienone is 2. The van der Waals surface area contributed by atoms with Gasteiger partial charge < -0.3 is 26.7 Å². The lowest BCUT2D eigenvalue weighted by molar-refractivity contribution is -0.110. The number of anilines is 2. The molecule has 35 heavy (non-hydrogen) atoms. The predicted molar refractivity (Wildman–Crippen MR) is 140 cm³/mol. The molecule has 0 saturated carbocycles.